The van der Waals surface area contributed by atoms with Crippen LogP contribution in [0, 0.1) is 0 Å². The second kappa shape index (κ2) is 15.6. The van der Waals surface area contributed by atoms with Gasteiger partial charge in [-0.05, 0) is 56.3 Å². The highest BCUT2D eigenvalue weighted by molar-refractivity contribution is 5.99. The molecule has 11 nitrogen and oxygen atoms in total. The number of piperazine rings is 1. The quantitative estimate of drug-likeness (QED) is 0.224. The number of Topliss-reactive ketones (excluding diaryl/α,β-unsaturated/α-hetero) is 1. The second-order valence-electron chi connectivity index (χ2n) is 10.1. The molecule has 1 unspecified atom stereocenters. The van der Waals surface area contributed by atoms with Crippen molar-refractivity contribution >= 4 is 17.8 Å². The summed E-state index contributed by atoms with van der Waals surface area (Å²) in [5, 5.41) is 6.36. The number of nitrogens with zero attached hydrogens (tertiary/aromatic N) is 4. The number of carbonyl (C=O) groups excluding carboxylic acids is 3. The second-order valence-corrected chi connectivity index (χ2v) is 10.1. The molecule has 0 saturated carbocycles. The van der Waals surface area contributed by atoms with Gasteiger partial charge in [-0.25, -0.2) is 4.79 Å². The zero-order chi connectivity index (χ0) is 28.9. The molecule has 0 bridgehead atoms. The Labute approximate surface area is 240 Å². The summed E-state index contributed by atoms with van der Waals surface area (Å²) in [6.07, 6.45) is 2.94. The van der Waals surface area contributed by atoms with Crippen LogP contribution in [-0.2, 0) is 17.8 Å². The lowest BCUT2D eigenvalue weighted by atomic mass is 10.0. The largest absolute Gasteiger partial charge is 0.445 e. The van der Waals surface area contributed by atoms with E-state index in [1.54, 1.807) is 4.90 Å². The number of hydrogen-bond donors (Lipinski definition) is 2. The zero-order valence-electron chi connectivity index (χ0n) is 23.2. The summed E-state index contributed by atoms with van der Waals surface area (Å²) in [6.45, 7) is 4.05. The first-order valence-corrected chi connectivity index (χ1v) is 14.1. The van der Waals surface area contributed by atoms with Gasteiger partial charge < -0.3 is 25.2 Å². The van der Waals surface area contributed by atoms with Gasteiger partial charge in [0.2, 0.25) is 11.6 Å². The molecule has 4 rings (SSSR count). The van der Waals surface area contributed by atoms with E-state index in [1.807, 2.05) is 36.4 Å². The number of ether oxygens (including phenoxy) is 1. The number of alkyl carbamates (subject to hydrolysis) is 1. The Kier molecular flexibility index (Phi) is 11.4. The summed E-state index contributed by atoms with van der Waals surface area (Å²) in [5.41, 5.74) is 7.74. The number of ketones is 1. The molecular formula is C30H38N6O5. The van der Waals surface area contributed by atoms with E-state index in [1.165, 1.54) is 5.56 Å². The molecule has 0 aliphatic carbocycles. The van der Waals surface area contributed by atoms with Gasteiger partial charge in [0.1, 0.15) is 6.61 Å². The fourth-order valence-electron chi connectivity index (χ4n) is 4.70. The molecule has 1 aliphatic heterocycles. The van der Waals surface area contributed by atoms with Crippen molar-refractivity contribution in [3.63, 3.8) is 0 Å². The maximum absolute atomic E-state index is 13.2. The maximum Gasteiger partial charge on any atom is 0.408 e. The number of aromatic nitrogens is 2. The average Bonchev–Trinajstić information content (AvgIpc) is 3.51. The van der Waals surface area contributed by atoms with Gasteiger partial charge in [0.25, 0.3) is 0 Å². The van der Waals surface area contributed by atoms with Gasteiger partial charge in [-0.15, -0.1) is 0 Å². The topological polar surface area (TPSA) is 144 Å². The molecule has 1 fully saturated rings. The molecule has 11 heteroatoms. The van der Waals surface area contributed by atoms with Crippen LogP contribution in [-0.4, -0.2) is 83.0 Å². The highest BCUT2D eigenvalue weighted by Gasteiger charge is 2.30. The minimum atomic E-state index is -0.940. The van der Waals surface area contributed by atoms with E-state index in [4.69, 9.17) is 15.0 Å². The molecule has 0 spiro atoms. The summed E-state index contributed by atoms with van der Waals surface area (Å²) < 4.78 is 10.5. The van der Waals surface area contributed by atoms with Crippen LogP contribution in [0.2, 0.25) is 0 Å². The number of hydrogen-bond acceptors (Lipinski definition) is 9. The monoisotopic (exact) mass is 562 g/mol. The summed E-state index contributed by atoms with van der Waals surface area (Å²) in [5.74, 6) is -1.45. The smallest absolute Gasteiger partial charge is 0.408 e. The maximum atomic E-state index is 13.2. The van der Waals surface area contributed by atoms with E-state index in [9.17, 15) is 14.4 Å². The van der Waals surface area contributed by atoms with Crippen molar-refractivity contribution < 1.29 is 23.6 Å². The van der Waals surface area contributed by atoms with Crippen molar-refractivity contribution in [2.45, 2.75) is 44.8 Å². The van der Waals surface area contributed by atoms with Gasteiger partial charge >= 0.3 is 17.9 Å². The lowest BCUT2D eigenvalue weighted by molar-refractivity contribution is 0.0588. The molecule has 1 aliphatic rings. The number of nitrogens with one attached hydrogen (secondary N) is 1. The third kappa shape index (κ3) is 9.22. The van der Waals surface area contributed by atoms with Crippen LogP contribution in [0.4, 0.5) is 4.79 Å². The fraction of sp³-hybridized carbons (Fsp3) is 0.433. The number of amides is 2. The number of unbranched alkanes of at least 4 members (excludes halogenated alkanes) is 1. The van der Waals surface area contributed by atoms with Gasteiger partial charge in [-0.1, -0.05) is 65.8 Å². The Morgan fingerprint density at radius 1 is 0.927 bits per heavy atom. The van der Waals surface area contributed by atoms with E-state index in [2.05, 4.69) is 44.6 Å². The van der Waals surface area contributed by atoms with Crippen molar-refractivity contribution in [3.05, 3.63) is 83.5 Å². The van der Waals surface area contributed by atoms with Gasteiger partial charge in [0.15, 0.2) is 0 Å². The summed E-state index contributed by atoms with van der Waals surface area (Å²) in [6, 6.07) is 18.7. The van der Waals surface area contributed by atoms with E-state index in [-0.39, 0.29) is 18.3 Å². The molecule has 41 heavy (non-hydrogen) atoms. The van der Waals surface area contributed by atoms with Crippen molar-refractivity contribution in [1.29, 1.82) is 0 Å². The predicted molar refractivity (Wildman–Crippen MR) is 152 cm³/mol. The van der Waals surface area contributed by atoms with Gasteiger partial charge in [-0.3, -0.25) is 14.5 Å². The van der Waals surface area contributed by atoms with E-state index >= 15 is 0 Å². The molecule has 2 aromatic carbocycles. The molecule has 2 heterocycles. The first-order valence-electron chi connectivity index (χ1n) is 14.1. The number of nitrogens with two attached hydrogens (primary N) is 1. The molecule has 0 radical (unpaired) electrons. The number of carbonyl (C=O) groups is 3. The minimum Gasteiger partial charge on any atom is -0.445 e. The van der Waals surface area contributed by atoms with E-state index < -0.39 is 23.8 Å². The number of benzene rings is 2. The molecule has 3 aromatic rings. The van der Waals surface area contributed by atoms with Crippen molar-refractivity contribution in [3.8, 4) is 0 Å². The van der Waals surface area contributed by atoms with Gasteiger partial charge in [0, 0.05) is 26.2 Å². The Morgan fingerprint density at radius 3 is 2.29 bits per heavy atom. The normalized spacial score (nSPS) is 14.4. The van der Waals surface area contributed by atoms with Crippen molar-refractivity contribution in [1.82, 2.24) is 25.3 Å². The molecular weight excluding hydrogens is 524 g/mol. The zero-order valence-corrected chi connectivity index (χ0v) is 23.2. The van der Waals surface area contributed by atoms with Crippen molar-refractivity contribution in [2.75, 3.05) is 39.3 Å². The van der Waals surface area contributed by atoms with Crippen LogP contribution in [0.5, 0.6) is 0 Å². The van der Waals surface area contributed by atoms with Gasteiger partial charge in [-0.2, -0.15) is 4.98 Å². The van der Waals surface area contributed by atoms with Crippen LogP contribution in [0.3, 0.4) is 0 Å². The highest BCUT2D eigenvalue weighted by Crippen LogP contribution is 2.12. The lowest BCUT2D eigenvalue weighted by Gasteiger charge is -2.33. The summed E-state index contributed by atoms with van der Waals surface area (Å²) >= 11 is 0. The van der Waals surface area contributed by atoms with Crippen LogP contribution in [0.25, 0.3) is 0 Å². The SMILES string of the molecule is NCCCCC(NC(=O)OCc1ccccc1)C(=O)c1noc(C(=O)N2CCN(CCCc3ccccc3)CC2)n1. The Morgan fingerprint density at radius 2 is 1.61 bits per heavy atom. The lowest BCUT2D eigenvalue weighted by Crippen LogP contribution is -2.49. The van der Waals surface area contributed by atoms with Gasteiger partial charge in [0.05, 0.1) is 6.04 Å². The van der Waals surface area contributed by atoms with Crippen molar-refractivity contribution in [2.24, 2.45) is 5.73 Å². The molecule has 1 atom stereocenters. The molecule has 2 amide bonds. The van der Waals surface area contributed by atoms with E-state index in [0.29, 0.717) is 38.9 Å². The number of aryl methyl sites for hydroxylation is 1. The first-order chi connectivity index (χ1) is 20.0. The Balaban J connectivity index is 1.27. The standard InChI is InChI=1S/C30H38N6O5/c31-16-8-7-15-25(32-30(39)40-22-24-12-5-2-6-13-24)26(37)27-33-28(41-34-27)29(38)36-20-18-35(19-21-36)17-9-14-23-10-3-1-4-11-23/h1-6,10-13,25H,7-9,14-22,31H2,(H,32,39). The molecule has 3 N–H and O–H groups in total. The fourth-order valence-corrected chi connectivity index (χ4v) is 4.70. The first kappa shape index (κ1) is 29.9. The molecule has 218 valence electrons. The third-order valence-corrected chi connectivity index (χ3v) is 7.04. The van der Waals surface area contributed by atoms with Crippen LogP contribution < -0.4 is 11.1 Å². The van der Waals surface area contributed by atoms with E-state index in [0.717, 1.165) is 38.0 Å². The van der Waals surface area contributed by atoms with Crippen LogP contribution >= 0.6 is 0 Å². The average molecular weight is 563 g/mol. The highest BCUT2D eigenvalue weighted by atomic mass is 16.5. The molecule has 1 aromatic heterocycles. The Bertz CT molecular complexity index is 1240. The molecule has 1 saturated heterocycles. The van der Waals surface area contributed by atoms with Crippen LogP contribution in [0.15, 0.2) is 65.2 Å². The summed E-state index contributed by atoms with van der Waals surface area (Å²) in [4.78, 5) is 46.7. The number of rotatable bonds is 14. The third-order valence-electron chi connectivity index (χ3n) is 7.04. The van der Waals surface area contributed by atoms with Crippen LogP contribution in [0.1, 0.15) is 58.1 Å². The predicted octanol–water partition coefficient (Wildman–Crippen LogP) is 3.07. The summed E-state index contributed by atoms with van der Waals surface area (Å²) in [7, 11) is 0. The minimum absolute atomic E-state index is 0.0670. The Hall–Kier alpha value is -4.09.